The molecular formula is C20H33IO2. The van der Waals surface area contributed by atoms with Gasteiger partial charge in [-0.25, -0.2) is 0 Å². The largest absolute Gasteiger partial charge is 0.497 e. The first-order valence-electron chi connectivity index (χ1n) is 9.11. The van der Waals surface area contributed by atoms with Crippen LogP contribution >= 0.6 is 22.6 Å². The summed E-state index contributed by atoms with van der Waals surface area (Å²) in [4.78, 5) is 0. The molecule has 0 fully saturated rings. The van der Waals surface area contributed by atoms with E-state index in [4.69, 9.17) is 9.47 Å². The molecule has 132 valence electrons. The molecule has 0 N–H and O–H groups in total. The van der Waals surface area contributed by atoms with E-state index in [0.29, 0.717) is 10.5 Å². The molecule has 0 saturated carbocycles. The van der Waals surface area contributed by atoms with E-state index in [0.717, 1.165) is 12.4 Å². The van der Waals surface area contributed by atoms with Crippen molar-refractivity contribution in [3.8, 4) is 5.75 Å². The highest BCUT2D eigenvalue weighted by molar-refractivity contribution is 14.1. The van der Waals surface area contributed by atoms with E-state index in [1.807, 2.05) is 12.1 Å². The van der Waals surface area contributed by atoms with Gasteiger partial charge in [0, 0.05) is 3.92 Å². The Bertz CT molecular complexity index is 378. The zero-order valence-electron chi connectivity index (χ0n) is 14.9. The quantitative estimate of drug-likeness (QED) is 0.189. The third kappa shape index (κ3) is 11.0. The summed E-state index contributed by atoms with van der Waals surface area (Å²) >= 11 is 2.53. The first-order valence-corrected chi connectivity index (χ1v) is 10.4. The smallest absolute Gasteiger partial charge is 0.118 e. The fourth-order valence-electron chi connectivity index (χ4n) is 2.61. The minimum Gasteiger partial charge on any atom is -0.497 e. The van der Waals surface area contributed by atoms with Gasteiger partial charge in [-0.15, -0.1) is 0 Å². The highest BCUT2D eigenvalue weighted by Gasteiger charge is 2.04. The Balaban J connectivity index is 1.96. The standard InChI is InChI=1S/C20H33IO2/c1-3-4-5-6-7-8-9-10-11-19(21)17-23-16-18-12-14-20(22-2)15-13-18/h12-15,19H,3-11,16-17H2,1-2H3/t19-/m1/s1. The lowest BCUT2D eigenvalue weighted by atomic mass is 10.1. The van der Waals surface area contributed by atoms with Crippen LogP contribution in [0.3, 0.4) is 0 Å². The van der Waals surface area contributed by atoms with E-state index in [1.165, 1.54) is 63.4 Å². The van der Waals surface area contributed by atoms with Gasteiger partial charge in [0.05, 0.1) is 20.3 Å². The minimum absolute atomic E-state index is 0.630. The van der Waals surface area contributed by atoms with Crippen LogP contribution in [0.2, 0.25) is 0 Å². The summed E-state index contributed by atoms with van der Waals surface area (Å²) in [6.07, 6.45) is 12.4. The van der Waals surface area contributed by atoms with E-state index in [9.17, 15) is 0 Å². The molecule has 0 aliphatic rings. The molecule has 2 nitrogen and oxygen atoms in total. The molecule has 0 saturated heterocycles. The fourth-order valence-corrected chi connectivity index (χ4v) is 3.30. The summed E-state index contributed by atoms with van der Waals surface area (Å²) < 4.78 is 11.6. The van der Waals surface area contributed by atoms with Crippen LogP contribution in [0.4, 0.5) is 0 Å². The lowest BCUT2D eigenvalue weighted by molar-refractivity contribution is 0.122. The minimum atomic E-state index is 0.630. The molecule has 0 aliphatic carbocycles. The molecule has 0 bridgehead atoms. The van der Waals surface area contributed by atoms with Crippen LogP contribution in [0.25, 0.3) is 0 Å². The molecular weight excluding hydrogens is 399 g/mol. The van der Waals surface area contributed by atoms with Crippen LogP contribution in [0.5, 0.6) is 5.75 Å². The van der Waals surface area contributed by atoms with Gasteiger partial charge in [0.15, 0.2) is 0 Å². The van der Waals surface area contributed by atoms with Crippen molar-refractivity contribution in [2.24, 2.45) is 0 Å². The van der Waals surface area contributed by atoms with Crippen molar-refractivity contribution in [2.45, 2.75) is 75.2 Å². The summed E-state index contributed by atoms with van der Waals surface area (Å²) in [7, 11) is 1.69. The Hall–Kier alpha value is -0.290. The van der Waals surface area contributed by atoms with Gasteiger partial charge in [-0.2, -0.15) is 0 Å². The molecule has 3 heteroatoms. The maximum atomic E-state index is 5.83. The number of methoxy groups -OCH3 is 1. The number of hydrogen-bond donors (Lipinski definition) is 0. The van der Waals surface area contributed by atoms with Gasteiger partial charge in [0.2, 0.25) is 0 Å². The van der Waals surface area contributed by atoms with Crippen molar-refractivity contribution < 1.29 is 9.47 Å². The zero-order chi connectivity index (χ0) is 16.8. The number of ether oxygens (including phenoxy) is 2. The van der Waals surface area contributed by atoms with Crippen LogP contribution in [0.1, 0.15) is 70.3 Å². The summed E-state index contributed by atoms with van der Waals surface area (Å²) in [5, 5.41) is 0. The maximum Gasteiger partial charge on any atom is 0.118 e. The predicted octanol–water partition coefficient (Wildman–Crippen LogP) is 6.55. The zero-order valence-corrected chi connectivity index (χ0v) is 17.0. The van der Waals surface area contributed by atoms with E-state index >= 15 is 0 Å². The number of halogens is 1. The van der Waals surface area contributed by atoms with Crippen LogP contribution < -0.4 is 4.74 Å². The average molecular weight is 432 g/mol. The highest BCUT2D eigenvalue weighted by atomic mass is 127. The molecule has 0 heterocycles. The van der Waals surface area contributed by atoms with Gasteiger partial charge >= 0.3 is 0 Å². The summed E-state index contributed by atoms with van der Waals surface area (Å²) in [6, 6.07) is 8.11. The SMILES string of the molecule is CCCCCCCCCC[C@@H](I)COCc1ccc(OC)cc1. The number of unbranched alkanes of at least 4 members (excludes halogenated alkanes) is 7. The predicted molar refractivity (Wildman–Crippen MR) is 108 cm³/mol. The molecule has 0 amide bonds. The Morgan fingerprint density at radius 1 is 0.913 bits per heavy atom. The van der Waals surface area contributed by atoms with Crippen LogP contribution in [-0.4, -0.2) is 17.6 Å². The van der Waals surface area contributed by atoms with Crippen molar-refractivity contribution in [1.29, 1.82) is 0 Å². The first-order chi connectivity index (χ1) is 11.3. The first kappa shape index (κ1) is 20.8. The van der Waals surface area contributed by atoms with E-state index in [2.05, 4.69) is 41.6 Å². The molecule has 0 aliphatic heterocycles. The van der Waals surface area contributed by atoms with Gasteiger partial charge in [0.1, 0.15) is 5.75 Å². The Morgan fingerprint density at radius 3 is 2.13 bits per heavy atom. The third-order valence-electron chi connectivity index (χ3n) is 4.10. The maximum absolute atomic E-state index is 5.83. The second-order valence-corrected chi connectivity index (χ2v) is 7.99. The van der Waals surface area contributed by atoms with Crippen LogP contribution in [0.15, 0.2) is 24.3 Å². The van der Waals surface area contributed by atoms with E-state index in [1.54, 1.807) is 7.11 Å². The lowest BCUT2D eigenvalue weighted by Crippen LogP contribution is -2.08. The van der Waals surface area contributed by atoms with Crippen LogP contribution in [0, 0.1) is 0 Å². The van der Waals surface area contributed by atoms with Crippen molar-refractivity contribution in [3.05, 3.63) is 29.8 Å². The molecule has 23 heavy (non-hydrogen) atoms. The van der Waals surface area contributed by atoms with Gasteiger partial charge < -0.3 is 9.47 Å². The van der Waals surface area contributed by atoms with Gasteiger partial charge in [0.25, 0.3) is 0 Å². The second kappa shape index (κ2) is 14.1. The van der Waals surface area contributed by atoms with Crippen molar-refractivity contribution in [3.63, 3.8) is 0 Å². The summed E-state index contributed by atoms with van der Waals surface area (Å²) in [5.74, 6) is 0.898. The summed E-state index contributed by atoms with van der Waals surface area (Å²) in [6.45, 7) is 3.82. The number of hydrogen-bond acceptors (Lipinski definition) is 2. The normalized spacial score (nSPS) is 12.3. The fraction of sp³-hybridized carbons (Fsp3) is 0.700. The average Bonchev–Trinajstić information content (AvgIpc) is 2.58. The van der Waals surface area contributed by atoms with Crippen molar-refractivity contribution in [1.82, 2.24) is 0 Å². The van der Waals surface area contributed by atoms with E-state index < -0.39 is 0 Å². The number of rotatable bonds is 14. The number of benzene rings is 1. The molecule has 0 aromatic heterocycles. The Morgan fingerprint density at radius 2 is 1.52 bits per heavy atom. The Kier molecular flexibility index (Phi) is 12.7. The molecule has 0 unspecified atom stereocenters. The lowest BCUT2D eigenvalue weighted by Gasteiger charge is -2.11. The van der Waals surface area contributed by atoms with Crippen molar-refractivity contribution in [2.75, 3.05) is 13.7 Å². The molecule has 1 aromatic carbocycles. The van der Waals surface area contributed by atoms with Gasteiger partial charge in [-0.05, 0) is 24.1 Å². The second-order valence-electron chi connectivity index (χ2n) is 6.22. The van der Waals surface area contributed by atoms with Crippen molar-refractivity contribution >= 4 is 22.6 Å². The Labute approximate surface area is 156 Å². The molecule has 1 aromatic rings. The highest BCUT2D eigenvalue weighted by Crippen LogP contribution is 2.16. The molecule has 0 radical (unpaired) electrons. The van der Waals surface area contributed by atoms with E-state index in [-0.39, 0.29) is 0 Å². The monoisotopic (exact) mass is 432 g/mol. The third-order valence-corrected chi connectivity index (χ3v) is 5.08. The number of alkyl halides is 1. The molecule has 1 atom stereocenters. The van der Waals surface area contributed by atoms with Crippen LogP contribution in [-0.2, 0) is 11.3 Å². The van der Waals surface area contributed by atoms with Gasteiger partial charge in [-0.1, -0.05) is 93.0 Å². The topological polar surface area (TPSA) is 18.5 Å². The molecule has 1 rings (SSSR count). The summed E-state index contributed by atoms with van der Waals surface area (Å²) in [5.41, 5.74) is 1.21. The molecule has 0 spiro atoms. The van der Waals surface area contributed by atoms with Gasteiger partial charge in [-0.3, -0.25) is 0 Å².